The van der Waals surface area contributed by atoms with Crippen LogP contribution < -0.4 is 0 Å². The van der Waals surface area contributed by atoms with E-state index in [9.17, 15) is 8.78 Å². The zero-order chi connectivity index (χ0) is 10.6. The molecular weight excluding hydrogens is 186 g/mol. The molecule has 1 aromatic rings. The number of benzene rings is 1. The molecule has 1 unspecified atom stereocenters. The molecule has 74 valence electrons. The van der Waals surface area contributed by atoms with Crippen LogP contribution in [0, 0.1) is 23.5 Å². The first-order valence-corrected chi connectivity index (χ1v) is 4.21. The zero-order valence-corrected chi connectivity index (χ0v) is 7.72. The Balaban J connectivity index is 2.76. The van der Waals surface area contributed by atoms with E-state index in [1.54, 1.807) is 6.92 Å². The SMILES string of the molecule is CC(O)CC#Cc1ccc(F)c(F)c1. The summed E-state index contributed by atoms with van der Waals surface area (Å²) in [6.07, 6.45) is -0.188. The van der Waals surface area contributed by atoms with Gasteiger partial charge in [-0.15, -0.1) is 0 Å². The molecule has 0 bridgehead atoms. The molecule has 0 amide bonds. The summed E-state index contributed by atoms with van der Waals surface area (Å²) in [7, 11) is 0. The van der Waals surface area contributed by atoms with E-state index in [1.165, 1.54) is 6.07 Å². The predicted molar refractivity (Wildman–Crippen MR) is 49.5 cm³/mol. The standard InChI is InChI=1S/C11H10F2O/c1-8(14)3-2-4-9-5-6-10(12)11(13)7-9/h5-8,14H,3H2,1H3. The molecule has 1 aromatic carbocycles. The Hall–Kier alpha value is -1.40. The normalized spacial score (nSPS) is 11.7. The monoisotopic (exact) mass is 196 g/mol. The lowest BCUT2D eigenvalue weighted by Crippen LogP contribution is -1.95. The summed E-state index contributed by atoms with van der Waals surface area (Å²) >= 11 is 0. The van der Waals surface area contributed by atoms with Gasteiger partial charge >= 0.3 is 0 Å². The number of aliphatic hydroxyl groups is 1. The van der Waals surface area contributed by atoms with Crippen molar-refractivity contribution in [2.75, 3.05) is 0 Å². The van der Waals surface area contributed by atoms with Gasteiger partial charge in [0.1, 0.15) is 0 Å². The van der Waals surface area contributed by atoms with Gasteiger partial charge in [0, 0.05) is 12.0 Å². The second-order valence-electron chi connectivity index (χ2n) is 2.98. The predicted octanol–water partition coefficient (Wildman–Crippen LogP) is 2.09. The van der Waals surface area contributed by atoms with Crippen LogP contribution in [0.5, 0.6) is 0 Å². The average molecular weight is 196 g/mol. The maximum absolute atomic E-state index is 12.7. The van der Waals surface area contributed by atoms with Gasteiger partial charge in [-0.1, -0.05) is 11.8 Å². The molecule has 1 nitrogen and oxygen atoms in total. The van der Waals surface area contributed by atoms with Gasteiger partial charge in [0.2, 0.25) is 0 Å². The van der Waals surface area contributed by atoms with Crippen molar-refractivity contribution < 1.29 is 13.9 Å². The van der Waals surface area contributed by atoms with Crippen molar-refractivity contribution in [1.29, 1.82) is 0 Å². The highest BCUT2D eigenvalue weighted by Crippen LogP contribution is 2.07. The second-order valence-corrected chi connectivity index (χ2v) is 2.98. The van der Waals surface area contributed by atoms with Crippen molar-refractivity contribution >= 4 is 0 Å². The molecule has 0 fully saturated rings. The van der Waals surface area contributed by atoms with E-state index in [2.05, 4.69) is 11.8 Å². The summed E-state index contributed by atoms with van der Waals surface area (Å²) in [5.74, 6) is 3.49. The topological polar surface area (TPSA) is 20.2 Å². The lowest BCUT2D eigenvalue weighted by molar-refractivity contribution is 0.201. The molecular formula is C11H10F2O. The molecule has 0 radical (unpaired) electrons. The first-order valence-electron chi connectivity index (χ1n) is 4.21. The number of halogens is 2. The first-order chi connectivity index (χ1) is 6.59. The van der Waals surface area contributed by atoms with Crippen molar-refractivity contribution in [3.63, 3.8) is 0 Å². The highest BCUT2D eigenvalue weighted by Gasteiger charge is 1.99. The smallest absolute Gasteiger partial charge is 0.160 e. The third-order valence-corrected chi connectivity index (χ3v) is 1.55. The summed E-state index contributed by atoms with van der Waals surface area (Å²) in [5, 5.41) is 8.89. The number of hydrogen-bond donors (Lipinski definition) is 1. The zero-order valence-electron chi connectivity index (χ0n) is 7.72. The summed E-state index contributed by atoms with van der Waals surface area (Å²) in [4.78, 5) is 0. The molecule has 0 aliphatic heterocycles. The van der Waals surface area contributed by atoms with Crippen LogP contribution in [0.15, 0.2) is 18.2 Å². The molecule has 0 heterocycles. The number of aliphatic hydroxyl groups excluding tert-OH is 1. The van der Waals surface area contributed by atoms with Crippen LogP contribution in [0.2, 0.25) is 0 Å². The molecule has 0 saturated carbocycles. The molecule has 3 heteroatoms. The minimum absolute atomic E-state index is 0.318. The summed E-state index contributed by atoms with van der Waals surface area (Å²) < 4.78 is 25.2. The quantitative estimate of drug-likeness (QED) is 0.682. The third-order valence-electron chi connectivity index (χ3n) is 1.55. The number of hydrogen-bond acceptors (Lipinski definition) is 1. The van der Waals surface area contributed by atoms with Gasteiger partial charge in [-0.05, 0) is 25.1 Å². The minimum atomic E-state index is -0.908. The van der Waals surface area contributed by atoms with Gasteiger partial charge in [0.15, 0.2) is 11.6 Å². The molecule has 0 saturated heterocycles. The maximum Gasteiger partial charge on any atom is 0.160 e. The van der Waals surface area contributed by atoms with Crippen LogP contribution in [-0.4, -0.2) is 11.2 Å². The highest BCUT2D eigenvalue weighted by atomic mass is 19.2. The van der Waals surface area contributed by atoms with E-state index in [4.69, 9.17) is 5.11 Å². The summed E-state index contributed by atoms with van der Waals surface area (Å²) in [5.41, 5.74) is 0.407. The van der Waals surface area contributed by atoms with Crippen LogP contribution in [0.1, 0.15) is 18.9 Å². The Morgan fingerprint density at radius 1 is 1.36 bits per heavy atom. The molecule has 0 aromatic heterocycles. The van der Waals surface area contributed by atoms with Crippen molar-refractivity contribution in [3.05, 3.63) is 35.4 Å². The third kappa shape index (κ3) is 3.15. The van der Waals surface area contributed by atoms with Crippen molar-refractivity contribution in [1.82, 2.24) is 0 Å². The minimum Gasteiger partial charge on any atom is -0.392 e. The Bertz CT molecular complexity index is 375. The fraction of sp³-hybridized carbons (Fsp3) is 0.273. The lowest BCUT2D eigenvalue weighted by Gasteiger charge is -1.94. The van der Waals surface area contributed by atoms with Gasteiger partial charge in [-0.2, -0.15) is 0 Å². The fourth-order valence-corrected chi connectivity index (χ4v) is 0.875. The maximum atomic E-state index is 12.7. The summed E-state index contributed by atoms with van der Waals surface area (Å²) in [6.45, 7) is 1.61. The van der Waals surface area contributed by atoms with Crippen molar-refractivity contribution in [2.24, 2.45) is 0 Å². The highest BCUT2D eigenvalue weighted by molar-refractivity contribution is 5.34. The van der Waals surface area contributed by atoms with E-state index < -0.39 is 17.7 Å². The Morgan fingerprint density at radius 2 is 2.07 bits per heavy atom. The Kier molecular flexibility index (Phi) is 3.61. The Labute approximate surface area is 81.4 Å². The molecule has 1 N–H and O–H groups in total. The molecule has 1 atom stereocenters. The van der Waals surface area contributed by atoms with Crippen molar-refractivity contribution in [3.8, 4) is 11.8 Å². The van der Waals surface area contributed by atoms with Crippen molar-refractivity contribution in [2.45, 2.75) is 19.4 Å². The van der Waals surface area contributed by atoms with E-state index in [0.29, 0.717) is 12.0 Å². The van der Waals surface area contributed by atoms with E-state index in [-0.39, 0.29) is 0 Å². The van der Waals surface area contributed by atoms with Crippen LogP contribution in [0.3, 0.4) is 0 Å². The van der Waals surface area contributed by atoms with Gasteiger partial charge in [0.25, 0.3) is 0 Å². The molecule has 0 aliphatic rings. The van der Waals surface area contributed by atoms with Crippen LogP contribution >= 0.6 is 0 Å². The van der Waals surface area contributed by atoms with Crippen LogP contribution in [0.4, 0.5) is 8.78 Å². The summed E-state index contributed by atoms with van der Waals surface area (Å²) in [6, 6.07) is 3.46. The van der Waals surface area contributed by atoms with Gasteiger partial charge in [-0.3, -0.25) is 0 Å². The van der Waals surface area contributed by atoms with Crippen LogP contribution in [-0.2, 0) is 0 Å². The molecule has 14 heavy (non-hydrogen) atoms. The first kappa shape index (κ1) is 10.7. The van der Waals surface area contributed by atoms with E-state index in [1.807, 2.05) is 0 Å². The lowest BCUT2D eigenvalue weighted by atomic mass is 10.2. The molecule has 1 rings (SSSR count). The van der Waals surface area contributed by atoms with E-state index in [0.717, 1.165) is 12.1 Å². The van der Waals surface area contributed by atoms with Gasteiger partial charge in [0.05, 0.1) is 6.10 Å². The second kappa shape index (κ2) is 4.73. The van der Waals surface area contributed by atoms with E-state index >= 15 is 0 Å². The number of rotatable bonds is 1. The van der Waals surface area contributed by atoms with Gasteiger partial charge < -0.3 is 5.11 Å². The molecule has 0 aliphatic carbocycles. The Morgan fingerprint density at radius 3 is 2.64 bits per heavy atom. The largest absolute Gasteiger partial charge is 0.392 e. The molecule has 0 spiro atoms. The van der Waals surface area contributed by atoms with Crippen LogP contribution in [0.25, 0.3) is 0 Å². The van der Waals surface area contributed by atoms with Gasteiger partial charge in [-0.25, -0.2) is 8.78 Å². The fourth-order valence-electron chi connectivity index (χ4n) is 0.875. The average Bonchev–Trinajstić information content (AvgIpc) is 2.10.